The molecule has 0 amide bonds. The van der Waals surface area contributed by atoms with Crippen molar-refractivity contribution in [1.29, 1.82) is 0 Å². The first-order chi connectivity index (χ1) is 12.5. The van der Waals surface area contributed by atoms with Crippen LogP contribution in [0.15, 0.2) is 36.4 Å². The maximum Gasteiger partial charge on any atom is 0.193 e. The Morgan fingerprint density at radius 3 is 1.88 bits per heavy atom. The van der Waals surface area contributed by atoms with Crippen molar-refractivity contribution in [3.63, 3.8) is 0 Å². The smallest absolute Gasteiger partial charge is 0.193 e. The normalized spacial score (nSPS) is 10.7. The zero-order valence-corrected chi connectivity index (χ0v) is 17.1. The number of carbonyl (C=O) groups is 1. The fourth-order valence-corrected chi connectivity index (χ4v) is 3.56. The molecule has 0 bridgehead atoms. The Morgan fingerprint density at radius 1 is 0.769 bits per heavy atom. The van der Waals surface area contributed by atoms with Gasteiger partial charge in [-0.3, -0.25) is 4.79 Å². The van der Waals surface area contributed by atoms with Crippen molar-refractivity contribution in [1.82, 2.24) is 0 Å². The summed E-state index contributed by atoms with van der Waals surface area (Å²) in [6.07, 6.45) is 0. The van der Waals surface area contributed by atoms with Crippen molar-refractivity contribution in [2.45, 2.75) is 41.5 Å². The van der Waals surface area contributed by atoms with Crippen LogP contribution in [0.3, 0.4) is 0 Å². The molecule has 0 heterocycles. The first kappa shape index (κ1) is 20.0. The highest BCUT2D eigenvalue weighted by Gasteiger charge is 2.15. The monoisotopic (exact) mass is 352 g/mol. The average molecular weight is 353 g/mol. The van der Waals surface area contributed by atoms with Crippen molar-refractivity contribution in [2.24, 2.45) is 0 Å². The lowest BCUT2D eigenvalue weighted by Crippen LogP contribution is -2.23. The van der Waals surface area contributed by atoms with Crippen LogP contribution in [0.1, 0.15) is 54.7 Å². The van der Waals surface area contributed by atoms with Gasteiger partial charge in [-0.25, -0.2) is 0 Å². The Balaban J connectivity index is 2.33. The molecule has 2 aromatic carbocycles. The second-order valence-electron chi connectivity index (χ2n) is 6.67. The van der Waals surface area contributed by atoms with Crippen LogP contribution in [0, 0.1) is 13.8 Å². The minimum absolute atomic E-state index is 0.0998. The van der Waals surface area contributed by atoms with E-state index >= 15 is 0 Å². The highest BCUT2D eigenvalue weighted by atomic mass is 16.1. The molecule has 0 saturated heterocycles. The minimum atomic E-state index is 0.0998. The van der Waals surface area contributed by atoms with Gasteiger partial charge >= 0.3 is 0 Å². The summed E-state index contributed by atoms with van der Waals surface area (Å²) in [5.41, 5.74) is 6.12. The molecule has 0 aromatic heterocycles. The summed E-state index contributed by atoms with van der Waals surface area (Å²) in [4.78, 5) is 17.6. The van der Waals surface area contributed by atoms with Crippen LogP contribution in [0.5, 0.6) is 0 Å². The van der Waals surface area contributed by atoms with Crippen molar-refractivity contribution in [3.8, 4) is 0 Å². The number of hydrogen-bond donors (Lipinski definition) is 0. The van der Waals surface area contributed by atoms with Gasteiger partial charge in [-0.05, 0) is 89.1 Å². The van der Waals surface area contributed by atoms with Gasteiger partial charge in [0.15, 0.2) is 5.78 Å². The quantitative estimate of drug-likeness (QED) is 0.608. The average Bonchev–Trinajstić information content (AvgIpc) is 2.64. The molecule has 0 aliphatic carbocycles. The van der Waals surface area contributed by atoms with E-state index < -0.39 is 0 Å². The van der Waals surface area contributed by atoms with Gasteiger partial charge in [-0.1, -0.05) is 0 Å². The number of nitrogens with zero attached hydrogens (tertiary/aromatic N) is 2. The van der Waals surface area contributed by atoms with E-state index in [1.807, 2.05) is 25.1 Å². The molecule has 0 aliphatic heterocycles. The van der Waals surface area contributed by atoms with Crippen LogP contribution >= 0.6 is 0 Å². The number of carbonyl (C=O) groups excluding carboxylic acids is 1. The predicted octanol–water partition coefficient (Wildman–Crippen LogP) is 5.23. The van der Waals surface area contributed by atoms with Gasteiger partial charge in [0.05, 0.1) is 0 Å². The van der Waals surface area contributed by atoms with Gasteiger partial charge in [-0.2, -0.15) is 0 Å². The van der Waals surface area contributed by atoms with Crippen LogP contribution < -0.4 is 9.80 Å². The van der Waals surface area contributed by atoms with Gasteiger partial charge in [0.25, 0.3) is 0 Å². The van der Waals surface area contributed by atoms with Crippen LogP contribution in [0.25, 0.3) is 0 Å². The first-order valence-electron chi connectivity index (χ1n) is 9.72. The van der Waals surface area contributed by atoms with E-state index in [0.717, 1.165) is 48.4 Å². The van der Waals surface area contributed by atoms with Crippen LogP contribution in [-0.2, 0) is 0 Å². The van der Waals surface area contributed by atoms with Gasteiger partial charge < -0.3 is 9.80 Å². The topological polar surface area (TPSA) is 23.6 Å². The van der Waals surface area contributed by atoms with Gasteiger partial charge in [0, 0.05) is 48.7 Å². The molecule has 0 fully saturated rings. The number of aryl methyl sites for hydroxylation is 2. The number of rotatable bonds is 8. The Morgan fingerprint density at radius 2 is 1.38 bits per heavy atom. The lowest BCUT2D eigenvalue weighted by Gasteiger charge is -2.24. The molecule has 3 nitrogen and oxygen atoms in total. The SMILES string of the molecule is CCN(CC)c1ccc(C(=O)c2ccc(N(CC)CC)c(C)c2)c(C)c1. The van der Waals surface area contributed by atoms with Crippen molar-refractivity contribution < 1.29 is 4.79 Å². The van der Waals surface area contributed by atoms with E-state index in [0.29, 0.717) is 0 Å². The first-order valence-corrected chi connectivity index (χ1v) is 9.72. The number of ketones is 1. The van der Waals surface area contributed by atoms with Crippen LogP contribution in [-0.4, -0.2) is 32.0 Å². The molecule has 0 atom stereocenters. The third kappa shape index (κ3) is 4.09. The molecule has 0 spiro atoms. The van der Waals surface area contributed by atoms with Crippen LogP contribution in [0.4, 0.5) is 11.4 Å². The fourth-order valence-electron chi connectivity index (χ4n) is 3.56. The molecule has 0 radical (unpaired) electrons. The van der Waals surface area contributed by atoms with Gasteiger partial charge in [0.2, 0.25) is 0 Å². The van der Waals surface area contributed by atoms with E-state index in [1.54, 1.807) is 0 Å². The van der Waals surface area contributed by atoms with E-state index in [1.165, 1.54) is 11.4 Å². The van der Waals surface area contributed by atoms with E-state index in [4.69, 9.17) is 0 Å². The van der Waals surface area contributed by atoms with Crippen molar-refractivity contribution in [2.75, 3.05) is 36.0 Å². The standard InChI is InChI=1S/C23H32N2O/c1-7-24(8-2)20-12-13-21(17(5)16-20)23(26)19-11-14-22(18(6)15-19)25(9-3)10-4/h11-16H,7-10H2,1-6H3. The Hall–Kier alpha value is -2.29. The zero-order valence-electron chi connectivity index (χ0n) is 17.1. The van der Waals surface area contributed by atoms with E-state index in [9.17, 15) is 4.79 Å². The second kappa shape index (κ2) is 8.88. The molecule has 0 aliphatic rings. The predicted molar refractivity (Wildman–Crippen MR) is 113 cm³/mol. The summed E-state index contributed by atoms with van der Waals surface area (Å²) >= 11 is 0. The van der Waals surface area contributed by atoms with Gasteiger partial charge in [0.1, 0.15) is 0 Å². The summed E-state index contributed by atoms with van der Waals surface area (Å²) in [6.45, 7) is 16.6. The van der Waals surface area contributed by atoms with E-state index in [2.05, 4.69) is 62.6 Å². The highest BCUT2D eigenvalue weighted by molar-refractivity contribution is 6.10. The van der Waals surface area contributed by atoms with Crippen molar-refractivity contribution >= 4 is 17.2 Å². The molecular formula is C23H32N2O. The summed E-state index contributed by atoms with van der Waals surface area (Å²) in [5, 5.41) is 0. The molecule has 140 valence electrons. The number of benzene rings is 2. The summed E-state index contributed by atoms with van der Waals surface area (Å²) in [6, 6.07) is 12.2. The lowest BCUT2D eigenvalue weighted by atomic mass is 9.96. The Labute approximate surface area is 158 Å². The third-order valence-electron chi connectivity index (χ3n) is 5.15. The summed E-state index contributed by atoms with van der Waals surface area (Å²) < 4.78 is 0. The molecule has 0 unspecified atom stereocenters. The Kier molecular flexibility index (Phi) is 6.84. The third-order valence-corrected chi connectivity index (χ3v) is 5.15. The maximum absolute atomic E-state index is 13.0. The molecule has 0 N–H and O–H groups in total. The molecule has 26 heavy (non-hydrogen) atoms. The minimum Gasteiger partial charge on any atom is -0.372 e. The van der Waals surface area contributed by atoms with Crippen LogP contribution in [0.2, 0.25) is 0 Å². The maximum atomic E-state index is 13.0. The Bertz CT molecular complexity index is 759. The zero-order chi connectivity index (χ0) is 19.3. The number of anilines is 2. The van der Waals surface area contributed by atoms with Crippen molar-refractivity contribution in [3.05, 3.63) is 58.7 Å². The molecule has 2 aromatic rings. The number of hydrogen-bond acceptors (Lipinski definition) is 3. The summed E-state index contributed by atoms with van der Waals surface area (Å²) in [7, 11) is 0. The second-order valence-corrected chi connectivity index (χ2v) is 6.67. The van der Waals surface area contributed by atoms with Gasteiger partial charge in [-0.15, -0.1) is 0 Å². The van der Waals surface area contributed by atoms with E-state index in [-0.39, 0.29) is 5.78 Å². The highest BCUT2D eigenvalue weighted by Crippen LogP contribution is 2.25. The molecule has 3 heteroatoms. The molecule has 0 saturated carbocycles. The summed E-state index contributed by atoms with van der Waals surface area (Å²) in [5.74, 6) is 0.0998. The fraction of sp³-hybridized carbons (Fsp3) is 0.435. The molecule has 2 rings (SSSR count). The largest absolute Gasteiger partial charge is 0.372 e. The lowest BCUT2D eigenvalue weighted by molar-refractivity contribution is 0.103. The molecular weight excluding hydrogens is 320 g/mol.